The SMILES string of the molecule is CCCn1c(C)cc(C(=O)COC(=O)c2ccc(CN3CCCC3=O)cc2)c1C. The van der Waals surface area contributed by atoms with E-state index in [1.807, 2.05) is 36.9 Å². The molecule has 0 bridgehead atoms. The quantitative estimate of drug-likeness (QED) is 0.504. The molecule has 154 valence electrons. The van der Waals surface area contributed by atoms with Gasteiger partial charge in [0.25, 0.3) is 0 Å². The molecule has 0 radical (unpaired) electrons. The fourth-order valence-electron chi connectivity index (χ4n) is 3.78. The predicted molar refractivity (Wildman–Crippen MR) is 110 cm³/mol. The largest absolute Gasteiger partial charge is 0.454 e. The van der Waals surface area contributed by atoms with Gasteiger partial charge in [-0.3, -0.25) is 9.59 Å². The van der Waals surface area contributed by atoms with Crippen LogP contribution in [0.2, 0.25) is 0 Å². The minimum absolute atomic E-state index is 0.172. The maximum Gasteiger partial charge on any atom is 0.338 e. The van der Waals surface area contributed by atoms with Crippen LogP contribution in [0, 0.1) is 13.8 Å². The number of rotatable bonds is 8. The number of likely N-dealkylation sites (tertiary alicyclic amines) is 1. The van der Waals surface area contributed by atoms with Gasteiger partial charge in [0.1, 0.15) is 0 Å². The van der Waals surface area contributed by atoms with E-state index >= 15 is 0 Å². The second kappa shape index (κ2) is 9.07. The zero-order chi connectivity index (χ0) is 21.0. The van der Waals surface area contributed by atoms with Crippen molar-refractivity contribution in [1.82, 2.24) is 9.47 Å². The van der Waals surface area contributed by atoms with Crippen LogP contribution in [-0.4, -0.2) is 40.3 Å². The topological polar surface area (TPSA) is 68.6 Å². The molecule has 0 spiro atoms. The van der Waals surface area contributed by atoms with Crippen LogP contribution in [0.25, 0.3) is 0 Å². The molecule has 0 N–H and O–H groups in total. The lowest BCUT2D eigenvalue weighted by atomic mass is 10.1. The molecule has 1 aliphatic rings. The molecule has 0 unspecified atom stereocenters. The Morgan fingerprint density at radius 2 is 1.86 bits per heavy atom. The van der Waals surface area contributed by atoms with Crippen molar-refractivity contribution in [2.24, 2.45) is 0 Å². The Labute approximate surface area is 171 Å². The highest BCUT2D eigenvalue weighted by molar-refractivity contribution is 6.00. The van der Waals surface area contributed by atoms with Gasteiger partial charge >= 0.3 is 5.97 Å². The molecule has 0 saturated carbocycles. The molecule has 1 aromatic heterocycles. The second-order valence-corrected chi connectivity index (χ2v) is 7.55. The van der Waals surface area contributed by atoms with E-state index in [2.05, 4.69) is 11.5 Å². The molecule has 1 saturated heterocycles. The first-order chi connectivity index (χ1) is 13.9. The third-order valence-corrected chi connectivity index (χ3v) is 5.39. The highest BCUT2D eigenvalue weighted by Gasteiger charge is 2.20. The maximum atomic E-state index is 12.5. The summed E-state index contributed by atoms with van der Waals surface area (Å²) in [5.74, 6) is -0.548. The molecule has 0 aliphatic carbocycles. The zero-order valence-corrected chi connectivity index (χ0v) is 17.4. The normalized spacial score (nSPS) is 13.8. The van der Waals surface area contributed by atoms with Crippen molar-refractivity contribution in [2.45, 2.75) is 53.1 Å². The molecule has 1 amide bonds. The third-order valence-electron chi connectivity index (χ3n) is 5.39. The molecule has 1 fully saturated rings. The van der Waals surface area contributed by atoms with E-state index in [1.165, 1.54) is 0 Å². The number of carbonyl (C=O) groups excluding carboxylic acids is 3. The van der Waals surface area contributed by atoms with Crippen molar-refractivity contribution in [2.75, 3.05) is 13.2 Å². The number of aromatic nitrogens is 1. The number of carbonyl (C=O) groups is 3. The highest BCUT2D eigenvalue weighted by atomic mass is 16.5. The molecular weight excluding hydrogens is 368 g/mol. The number of nitrogens with zero attached hydrogens (tertiary/aromatic N) is 2. The van der Waals surface area contributed by atoms with E-state index in [9.17, 15) is 14.4 Å². The van der Waals surface area contributed by atoms with Crippen molar-refractivity contribution in [1.29, 1.82) is 0 Å². The number of aryl methyl sites for hydroxylation is 1. The van der Waals surface area contributed by atoms with Crippen LogP contribution in [0.1, 0.15) is 63.9 Å². The lowest BCUT2D eigenvalue weighted by molar-refractivity contribution is -0.128. The van der Waals surface area contributed by atoms with Gasteiger partial charge in [0.05, 0.1) is 5.56 Å². The van der Waals surface area contributed by atoms with Gasteiger partial charge in [-0.25, -0.2) is 4.79 Å². The summed E-state index contributed by atoms with van der Waals surface area (Å²) >= 11 is 0. The van der Waals surface area contributed by atoms with Crippen LogP contribution >= 0.6 is 0 Å². The third kappa shape index (κ3) is 4.75. The summed E-state index contributed by atoms with van der Waals surface area (Å²) in [7, 11) is 0. The summed E-state index contributed by atoms with van der Waals surface area (Å²) in [5.41, 5.74) is 3.91. The summed E-state index contributed by atoms with van der Waals surface area (Å²) in [5, 5.41) is 0. The standard InChI is InChI=1S/C23H28N2O4/c1-4-11-25-16(2)13-20(17(25)3)21(26)15-29-23(28)19-9-7-18(8-10-19)14-24-12-5-6-22(24)27/h7-10,13H,4-6,11-12,14-15H2,1-3H3. The summed E-state index contributed by atoms with van der Waals surface area (Å²) < 4.78 is 7.35. The van der Waals surface area contributed by atoms with Crippen molar-refractivity contribution in [3.63, 3.8) is 0 Å². The van der Waals surface area contributed by atoms with Gasteiger partial charge in [0, 0.05) is 43.0 Å². The molecular formula is C23H28N2O4. The van der Waals surface area contributed by atoms with Crippen LogP contribution in [0.15, 0.2) is 30.3 Å². The zero-order valence-electron chi connectivity index (χ0n) is 17.4. The van der Waals surface area contributed by atoms with E-state index in [0.29, 0.717) is 24.1 Å². The molecule has 1 aliphatic heterocycles. The predicted octanol–water partition coefficient (Wildman–Crippen LogP) is 3.68. The van der Waals surface area contributed by atoms with Crippen LogP contribution in [0.3, 0.4) is 0 Å². The molecule has 0 atom stereocenters. The average molecular weight is 396 g/mol. The summed E-state index contributed by atoms with van der Waals surface area (Å²) in [4.78, 5) is 38.4. The minimum Gasteiger partial charge on any atom is -0.454 e. The Kier molecular flexibility index (Phi) is 6.52. The lowest BCUT2D eigenvalue weighted by Crippen LogP contribution is -2.23. The van der Waals surface area contributed by atoms with Gasteiger partial charge in [0.2, 0.25) is 11.7 Å². The van der Waals surface area contributed by atoms with Crippen molar-refractivity contribution in [3.8, 4) is 0 Å². The fourth-order valence-corrected chi connectivity index (χ4v) is 3.78. The van der Waals surface area contributed by atoms with E-state index < -0.39 is 5.97 Å². The van der Waals surface area contributed by atoms with Crippen LogP contribution in [-0.2, 0) is 22.6 Å². The van der Waals surface area contributed by atoms with Gasteiger partial charge < -0.3 is 14.2 Å². The monoisotopic (exact) mass is 396 g/mol. The first-order valence-electron chi connectivity index (χ1n) is 10.1. The molecule has 3 rings (SSSR count). The molecule has 6 nitrogen and oxygen atoms in total. The Morgan fingerprint density at radius 1 is 1.14 bits per heavy atom. The lowest BCUT2D eigenvalue weighted by Gasteiger charge is -2.15. The van der Waals surface area contributed by atoms with E-state index in [4.69, 9.17) is 4.74 Å². The molecule has 29 heavy (non-hydrogen) atoms. The van der Waals surface area contributed by atoms with Crippen LogP contribution < -0.4 is 0 Å². The Hall–Kier alpha value is -2.89. The Morgan fingerprint density at radius 3 is 2.48 bits per heavy atom. The average Bonchev–Trinajstić information content (AvgIpc) is 3.24. The number of esters is 1. The number of ketones is 1. The van der Waals surface area contributed by atoms with Crippen molar-refractivity contribution < 1.29 is 19.1 Å². The molecule has 2 heterocycles. The number of benzene rings is 1. The van der Waals surface area contributed by atoms with E-state index in [1.54, 1.807) is 12.1 Å². The van der Waals surface area contributed by atoms with Crippen LogP contribution in [0.5, 0.6) is 0 Å². The minimum atomic E-state index is -0.524. The van der Waals surface area contributed by atoms with Crippen molar-refractivity contribution in [3.05, 3.63) is 58.4 Å². The fraction of sp³-hybridized carbons (Fsp3) is 0.435. The number of hydrogen-bond donors (Lipinski definition) is 0. The van der Waals surface area contributed by atoms with E-state index in [0.717, 1.165) is 42.9 Å². The smallest absolute Gasteiger partial charge is 0.338 e. The number of ether oxygens (including phenoxy) is 1. The first kappa shape index (κ1) is 20.8. The van der Waals surface area contributed by atoms with Crippen molar-refractivity contribution >= 4 is 17.7 Å². The molecule has 2 aromatic rings. The first-order valence-corrected chi connectivity index (χ1v) is 10.1. The number of hydrogen-bond acceptors (Lipinski definition) is 4. The van der Waals surface area contributed by atoms with Crippen LogP contribution in [0.4, 0.5) is 0 Å². The maximum absolute atomic E-state index is 12.5. The molecule has 6 heteroatoms. The summed E-state index contributed by atoms with van der Waals surface area (Å²) in [6, 6.07) is 8.85. The van der Waals surface area contributed by atoms with Gasteiger partial charge in [-0.2, -0.15) is 0 Å². The van der Waals surface area contributed by atoms with Gasteiger partial charge in [-0.15, -0.1) is 0 Å². The summed E-state index contributed by atoms with van der Waals surface area (Å²) in [6.07, 6.45) is 2.50. The van der Waals surface area contributed by atoms with E-state index in [-0.39, 0.29) is 18.3 Å². The summed E-state index contributed by atoms with van der Waals surface area (Å²) in [6.45, 7) is 7.91. The number of amides is 1. The van der Waals surface area contributed by atoms with Gasteiger partial charge in [-0.05, 0) is 50.5 Å². The van der Waals surface area contributed by atoms with Gasteiger partial charge in [0.15, 0.2) is 6.61 Å². The van der Waals surface area contributed by atoms with Gasteiger partial charge in [-0.1, -0.05) is 19.1 Å². The highest BCUT2D eigenvalue weighted by Crippen LogP contribution is 2.17. The Balaban J connectivity index is 1.57. The molecule has 1 aromatic carbocycles. The second-order valence-electron chi connectivity index (χ2n) is 7.55. The number of Topliss-reactive ketones (excluding diaryl/α,β-unsaturated/α-hetero) is 1. The Bertz CT molecular complexity index is 912.